The van der Waals surface area contributed by atoms with Gasteiger partial charge in [0.15, 0.2) is 0 Å². The first-order valence-corrected chi connectivity index (χ1v) is 12.7. The van der Waals surface area contributed by atoms with Crippen molar-refractivity contribution in [2.24, 2.45) is 0 Å². The molecule has 3 rings (SSSR count). The predicted octanol–water partition coefficient (Wildman–Crippen LogP) is 4.13. The molecule has 1 fully saturated rings. The van der Waals surface area contributed by atoms with Crippen LogP contribution < -0.4 is 15.5 Å². The second-order valence-corrected chi connectivity index (χ2v) is 10.2. The van der Waals surface area contributed by atoms with Crippen LogP contribution >= 0.6 is 0 Å². The van der Waals surface area contributed by atoms with E-state index in [1.807, 2.05) is 11.9 Å². The van der Waals surface area contributed by atoms with E-state index < -0.39 is 27.8 Å². The van der Waals surface area contributed by atoms with Gasteiger partial charge in [0.1, 0.15) is 0 Å². The lowest BCUT2D eigenvalue weighted by Crippen LogP contribution is -2.44. The highest BCUT2D eigenvalue weighted by molar-refractivity contribution is 7.89. The minimum atomic E-state index is -4.55. The molecule has 0 bridgehead atoms. The number of piperazine rings is 1. The Hall–Kier alpha value is -2.83. The maximum Gasteiger partial charge on any atom is 0.416 e. The third kappa shape index (κ3) is 6.44. The topological polar surface area (TPSA) is 85.0 Å². The van der Waals surface area contributed by atoms with E-state index in [2.05, 4.69) is 15.5 Å². The Bertz CT molecular complexity index is 1150. The van der Waals surface area contributed by atoms with E-state index in [1.165, 1.54) is 28.6 Å². The first kappa shape index (κ1) is 26.8. The number of anilines is 3. The second-order valence-electron chi connectivity index (χ2n) is 8.22. The highest BCUT2D eigenvalue weighted by Gasteiger charge is 2.30. The van der Waals surface area contributed by atoms with Gasteiger partial charge in [-0.3, -0.25) is 0 Å². The minimum Gasteiger partial charge on any atom is -0.367 e. The number of carbonyl (C=O) groups excluding carboxylic acids is 1. The molecule has 0 aliphatic carbocycles. The van der Waals surface area contributed by atoms with Crippen LogP contribution in [0.1, 0.15) is 19.4 Å². The summed E-state index contributed by atoms with van der Waals surface area (Å²) in [5, 5.41) is 5.05. The van der Waals surface area contributed by atoms with E-state index in [1.54, 1.807) is 19.9 Å². The molecule has 192 valence electrons. The van der Waals surface area contributed by atoms with Crippen LogP contribution in [0.15, 0.2) is 47.4 Å². The van der Waals surface area contributed by atoms with Crippen molar-refractivity contribution in [1.29, 1.82) is 0 Å². The maximum absolute atomic E-state index is 13.1. The van der Waals surface area contributed by atoms with E-state index >= 15 is 0 Å². The Morgan fingerprint density at radius 3 is 2.26 bits per heavy atom. The Morgan fingerprint density at radius 1 is 1.00 bits per heavy atom. The van der Waals surface area contributed by atoms with E-state index in [0.29, 0.717) is 18.8 Å². The molecule has 0 saturated carbocycles. The number of halogens is 3. The number of rotatable bonds is 7. The van der Waals surface area contributed by atoms with Gasteiger partial charge in [0.2, 0.25) is 10.0 Å². The number of urea groups is 1. The van der Waals surface area contributed by atoms with Crippen molar-refractivity contribution >= 4 is 33.1 Å². The van der Waals surface area contributed by atoms with Gasteiger partial charge in [-0.1, -0.05) is 19.9 Å². The monoisotopic (exact) mass is 513 g/mol. The molecule has 0 spiro atoms. The first-order valence-electron chi connectivity index (χ1n) is 11.3. The highest BCUT2D eigenvalue weighted by atomic mass is 32.2. The van der Waals surface area contributed by atoms with Crippen LogP contribution in [0.5, 0.6) is 0 Å². The molecule has 1 aliphatic rings. The smallest absolute Gasteiger partial charge is 0.367 e. The van der Waals surface area contributed by atoms with Crippen LogP contribution in [0.4, 0.5) is 35.0 Å². The normalized spacial score (nSPS) is 15.3. The summed E-state index contributed by atoms with van der Waals surface area (Å²) in [5.41, 5.74) is -0.0332. The highest BCUT2D eigenvalue weighted by Crippen LogP contribution is 2.32. The molecule has 1 saturated heterocycles. The lowest BCUT2D eigenvalue weighted by Gasteiger charge is -2.35. The molecule has 0 aromatic heterocycles. The van der Waals surface area contributed by atoms with E-state index in [9.17, 15) is 26.4 Å². The summed E-state index contributed by atoms with van der Waals surface area (Å²) in [6.45, 7) is 6.97. The molecular weight excluding hydrogens is 483 g/mol. The minimum absolute atomic E-state index is 0.0217. The molecule has 2 amide bonds. The SMILES string of the molecule is CCN(CC)S(=O)(=O)c1ccc(N2CCN(C)CC2)c(NC(=O)Nc2cccc(C(F)(F)F)c2)c1. The van der Waals surface area contributed by atoms with Gasteiger partial charge in [-0.25, -0.2) is 13.2 Å². The predicted molar refractivity (Wildman–Crippen MR) is 130 cm³/mol. The average molecular weight is 514 g/mol. The van der Waals surface area contributed by atoms with Crippen LogP contribution in [0.2, 0.25) is 0 Å². The maximum atomic E-state index is 13.1. The molecular formula is C23H30F3N5O3S. The largest absolute Gasteiger partial charge is 0.416 e. The molecule has 2 N–H and O–H groups in total. The van der Waals surface area contributed by atoms with E-state index in [4.69, 9.17) is 0 Å². The number of carbonyl (C=O) groups is 1. The van der Waals surface area contributed by atoms with Crippen molar-refractivity contribution in [1.82, 2.24) is 9.21 Å². The average Bonchev–Trinajstić information content (AvgIpc) is 2.80. The summed E-state index contributed by atoms with van der Waals surface area (Å²) in [6, 6.07) is 8.07. The van der Waals surface area contributed by atoms with Crippen molar-refractivity contribution < 1.29 is 26.4 Å². The summed E-state index contributed by atoms with van der Waals surface area (Å²) in [4.78, 5) is 17.0. The van der Waals surface area contributed by atoms with Gasteiger partial charge >= 0.3 is 12.2 Å². The Kier molecular flexibility index (Phi) is 8.29. The Balaban J connectivity index is 1.92. The van der Waals surface area contributed by atoms with Crippen LogP contribution in [0.3, 0.4) is 0 Å². The van der Waals surface area contributed by atoms with Crippen molar-refractivity contribution in [3.05, 3.63) is 48.0 Å². The van der Waals surface area contributed by atoms with Gasteiger partial charge in [0.05, 0.1) is 21.8 Å². The number of alkyl halides is 3. The van der Waals surface area contributed by atoms with Gasteiger partial charge in [0, 0.05) is 45.0 Å². The molecule has 0 unspecified atom stereocenters. The molecule has 35 heavy (non-hydrogen) atoms. The summed E-state index contributed by atoms with van der Waals surface area (Å²) in [6.07, 6.45) is -4.55. The zero-order valence-corrected chi connectivity index (χ0v) is 20.7. The van der Waals surface area contributed by atoms with Gasteiger partial charge in [-0.15, -0.1) is 0 Å². The summed E-state index contributed by atoms with van der Waals surface area (Å²) in [5.74, 6) is 0. The molecule has 1 aliphatic heterocycles. The third-order valence-electron chi connectivity index (χ3n) is 5.85. The van der Waals surface area contributed by atoms with Crippen molar-refractivity contribution in [2.75, 3.05) is 61.8 Å². The lowest BCUT2D eigenvalue weighted by molar-refractivity contribution is -0.137. The summed E-state index contributed by atoms with van der Waals surface area (Å²) >= 11 is 0. The summed E-state index contributed by atoms with van der Waals surface area (Å²) < 4.78 is 66.5. The number of sulfonamides is 1. The van der Waals surface area contributed by atoms with Crippen molar-refractivity contribution in [3.63, 3.8) is 0 Å². The van der Waals surface area contributed by atoms with Crippen molar-refractivity contribution in [2.45, 2.75) is 24.9 Å². The van der Waals surface area contributed by atoms with Crippen LogP contribution in [-0.4, -0.2) is 70.0 Å². The van der Waals surface area contributed by atoms with E-state index in [0.717, 1.165) is 25.2 Å². The zero-order valence-electron chi connectivity index (χ0n) is 19.9. The second kappa shape index (κ2) is 10.8. The third-order valence-corrected chi connectivity index (χ3v) is 7.90. The molecule has 12 heteroatoms. The van der Waals surface area contributed by atoms with Crippen LogP contribution in [0.25, 0.3) is 0 Å². The number of nitrogens with one attached hydrogen (secondary N) is 2. The first-order chi connectivity index (χ1) is 16.5. The van der Waals surface area contributed by atoms with Gasteiger partial charge in [-0.05, 0) is 43.4 Å². The molecule has 1 heterocycles. The number of amides is 2. The molecule has 0 atom stereocenters. The fourth-order valence-electron chi connectivity index (χ4n) is 3.87. The fraction of sp³-hybridized carbons (Fsp3) is 0.435. The number of hydrogen-bond acceptors (Lipinski definition) is 5. The molecule has 2 aromatic carbocycles. The van der Waals surface area contributed by atoms with Crippen LogP contribution in [-0.2, 0) is 16.2 Å². The Morgan fingerprint density at radius 2 is 1.66 bits per heavy atom. The van der Waals surface area contributed by atoms with Gasteiger partial charge in [0.25, 0.3) is 0 Å². The number of likely N-dealkylation sites (N-methyl/N-ethyl adjacent to an activating group) is 1. The van der Waals surface area contributed by atoms with Crippen molar-refractivity contribution in [3.8, 4) is 0 Å². The lowest BCUT2D eigenvalue weighted by atomic mass is 10.2. The van der Waals surface area contributed by atoms with Gasteiger partial charge in [-0.2, -0.15) is 17.5 Å². The zero-order chi connectivity index (χ0) is 25.8. The van der Waals surface area contributed by atoms with E-state index in [-0.39, 0.29) is 29.4 Å². The molecule has 8 nitrogen and oxygen atoms in total. The quantitative estimate of drug-likeness (QED) is 0.582. The van der Waals surface area contributed by atoms with Crippen LogP contribution in [0, 0.1) is 0 Å². The number of nitrogens with zero attached hydrogens (tertiary/aromatic N) is 3. The molecule has 0 radical (unpaired) electrons. The van der Waals surface area contributed by atoms with Gasteiger partial charge < -0.3 is 20.4 Å². The number of benzene rings is 2. The summed E-state index contributed by atoms with van der Waals surface area (Å²) in [7, 11) is -1.79. The Labute approximate surface area is 203 Å². The number of hydrogen-bond donors (Lipinski definition) is 2. The molecule has 2 aromatic rings. The fourth-order valence-corrected chi connectivity index (χ4v) is 5.35. The standard InChI is InChI=1S/C23H30F3N5O3S/c1-4-31(5-2)35(33,34)19-9-10-21(30-13-11-29(3)12-14-30)20(16-19)28-22(32)27-18-8-6-7-17(15-18)23(24,25)26/h6-10,15-16H,4-5,11-14H2,1-3H3,(H2,27,28,32).